The predicted molar refractivity (Wildman–Crippen MR) is 121 cm³/mol. The predicted octanol–water partition coefficient (Wildman–Crippen LogP) is 3.93. The van der Waals surface area contributed by atoms with Crippen molar-refractivity contribution >= 4 is 33.2 Å². The number of phenols is 1. The van der Waals surface area contributed by atoms with Gasteiger partial charge >= 0.3 is 0 Å². The number of benzene rings is 2. The van der Waals surface area contributed by atoms with Crippen LogP contribution in [-0.4, -0.2) is 46.8 Å². The number of aromatic nitrogens is 2. The van der Waals surface area contributed by atoms with Crippen LogP contribution in [0.4, 0.5) is 5.69 Å². The summed E-state index contributed by atoms with van der Waals surface area (Å²) in [6, 6.07) is 10.7. The zero-order chi connectivity index (χ0) is 22.7. The van der Waals surface area contributed by atoms with E-state index in [1.165, 1.54) is 41.0 Å². The molecule has 1 amide bonds. The fourth-order valence-electron chi connectivity index (χ4n) is 3.48. The van der Waals surface area contributed by atoms with Gasteiger partial charge in [0.15, 0.2) is 5.82 Å². The summed E-state index contributed by atoms with van der Waals surface area (Å²) >= 11 is 6.18. The third kappa shape index (κ3) is 4.74. The Kier molecular flexibility index (Phi) is 6.40. The molecular weight excluding hydrogens is 452 g/mol. The number of hydrogen-bond acceptors (Lipinski definition) is 6. The number of nitrogens with one attached hydrogen (secondary N) is 1. The second-order valence-electron chi connectivity index (χ2n) is 7.41. The van der Waals surface area contributed by atoms with E-state index in [4.69, 9.17) is 11.6 Å². The summed E-state index contributed by atoms with van der Waals surface area (Å²) in [6.45, 7) is 0.885. The van der Waals surface area contributed by atoms with Crippen LogP contribution in [0.5, 0.6) is 5.75 Å². The Morgan fingerprint density at radius 1 is 1.03 bits per heavy atom. The van der Waals surface area contributed by atoms with Crippen molar-refractivity contribution in [3.8, 4) is 17.1 Å². The molecule has 1 aliphatic rings. The van der Waals surface area contributed by atoms with Crippen molar-refractivity contribution in [3.63, 3.8) is 0 Å². The highest BCUT2D eigenvalue weighted by Gasteiger charge is 2.28. The number of carbonyl (C=O) groups excluding carboxylic acids is 1. The van der Waals surface area contributed by atoms with E-state index < -0.39 is 15.9 Å². The first-order chi connectivity index (χ1) is 15.3. The number of anilines is 1. The standard InChI is InChI=1S/C22H21ClN4O4S/c23-19-8-7-16(12-20(19)32(30,31)27-9-2-1-3-10-27)22(29)26-17-13-24-21(25-14-17)15-5-4-6-18(28)11-15/h4-8,11-14,28H,1-3,9-10H2,(H,26,29). The average molecular weight is 473 g/mol. The molecule has 4 rings (SSSR count). The summed E-state index contributed by atoms with van der Waals surface area (Å²) in [4.78, 5) is 21.1. The van der Waals surface area contributed by atoms with E-state index in [1.54, 1.807) is 18.2 Å². The minimum Gasteiger partial charge on any atom is -0.508 e. The van der Waals surface area contributed by atoms with Crippen LogP contribution in [0.3, 0.4) is 0 Å². The Bertz CT molecular complexity index is 1240. The molecule has 0 radical (unpaired) electrons. The minimum absolute atomic E-state index is 0.0749. The first kappa shape index (κ1) is 22.2. The van der Waals surface area contributed by atoms with Crippen LogP contribution in [-0.2, 0) is 10.0 Å². The molecule has 2 N–H and O–H groups in total. The lowest BCUT2D eigenvalue weighted by molar-refractivity contribution is 0.102. The highest BCUT2D eigenvalue weighted by molar-refractivity contribution is 7.89. The number of piperidine rings is 1. The number of sulfonamides is 1. The fraction of sp³-hybridized carbons (Fsp3) is 0.227. The van der Waals surface area contributed by atoms with Gasteiger partial charge in [0.1, 0.15) is 10.6 Å². The molecule has 0 unspecified atom stereocenters. The molecule has 1 fully saturated rings. The summed E-state index contributed by atoms with van der Waals surface area (Å²) in [5.74, 6) is -0.0210. The summed E-state index contributed by atoms with van der Waals surface area (Å²) in [7, 11) is -3.79. The molecule has 0 bridgehead atoms. The fourth-order valence-corrected chi connectivity index (χ4v) is 5.49. The maximum absolute atomic E-state index is 13.0. The van der Waals surface area contributed by atoms with Crippen LogP contribution < -0.4 is 5.32 Å². The van der Waals surface area contributed by atoms with Gasteiger partial charge in [0.05, 0.1) is 23.1 Å². The Labute approximate surface area is 190 Å². The van der Waals surface area contributed by atoms with E-state index in [-0.39, 0.29) is 21.2 Å². The van der Waals surface area contributed by atoms with Crippen LogP contribution in [0.1, 0.15) is 29.6 Å². The normalized spacial score (nSPS) is 14.8. The third-order valence-corrected chi connectivity index (χ3v) is 7.52. The van der Waals surface area contributed by atoms with Crippen molar-refractivity contribution in [2.45, 2.75) is 24.2 Å². The molecule has 2 aromatic carbocycles. The Morgan fingerprint density at radius 2 is 1.75 bits per heavy atom. The molecule has 0 spiro atoms. The van der Waals surface area contributed by atoms with Gasteiger partial charge in [-0.05, 0) is 43.2 Å². The second kappa shape index (κ2) is 9.23. The molecule has 166 valence electrons. The van der Waals surface area contributed by atoms with Crippen molar-refractivity contribution in [3.05, 3.63) is 65.4 Å². The van der Waals surface area contributed by atoms with Crippen molar-refractivity contribution in [1.82, 2.24) is 14.3 Å². The van der Waals surface area contributed by atoms with E-state index in [0.29, 0.717) is 30.2 Å². The summed E-state index contributed by atoms with van der Waals surface area (Å²) in [5.41, 5.74) is 1.13. The van der Waals surface area contributed by atoms with Crippen molar-refractivity contribution in [2.24, 2.45) is 0 Å². The molecule has 0 aliphatic carbocycles. The summed E-state index contributed by atoms with van der Waals surface area (Å²) in [5, 5.41) is 12.3. The highest BCUT2D eigenvalue weighted by atomic mass is 35.5. The van der Waals surface area contributed by atoms with E-state index >= 15 is 0 Å². The molecule has 1 aliphatic heterocycles. The van der Waals surface area contributed by atoms with Crippen LogP contribution in [0, 0.1) is 0 Å². The van der Waals surface area contributed by atoms with Gasteiger partial charge < -0.3 is 10.4 Å². The summed E-state index contributed by atoms with van der Waals surface area (Å²) in [6.07, 6.45) is 5.47. The molecule has 0 saturated carbocycles. The van der Waals surface area contributed by atoms with Crippen molar-refractivity contribution in [1.29, 1.82) is 0 Å². The molecule has 8 nitrogen and oxygen atoms in total. The topological polar surface area (TPSA) is 112 Å². The van der Waals surface area contributed by atoms with Crippen molar-refractivity contribution < 1.29 is 18.3 Å². The lowest BCUT2D eigenvalue weighted by Crippen LogP contribution is -2.35. The lowest BCUT2D eigenvalue weighted by Gasteiger charge is -2.26. The van der Waals surface area contributed by atoms with E-state index in [2.05, 4.69) is 15.3 Å². The molecular formula is C22H21ClN4O4S. The number of hydrogen-bond donors (Lipinski definition) is 2. The van der Waals surface area contributed by atoms with E-state index in [9.17, 15) is 18.3 Å². The van der Waals surface area contributed by atoms with Gasteiger partial charge in [-0.25, -0.2) is 18.4 Å². The van der Waals surface area contributed by atoms with Crippen LogP contribution in [0.25, 0.3) is 11.4 Å². The first-order valence-electron chi connectivity index (χ1n) is 10.1. The number of carbonyl (C=O) groups is 1. The number of halogens is 1. The van der Waals surface area contributed by atoms with Crippen LogP contribution in [0.2, 0.25) is 5.02 Å². The number of rotatable bonds is 5. The SMILES string of the molecule is O=C(Nc1cnc(-c2cccc(O)c2)nc1)c1ccc(Cl)c(S(=O)(=O)N2CCCCC2)c1. The quantitative estimate of drug-likeness (QED) is 0.581. The number of nitrogens with zero attached hydrogens (tertiary/aromatic N) is 3. The van der Waals surface area contributed by atoms with Crippen molar-refractivity contribution in [2.75, 3.05) is 18.4 Å². The molecule has 10 heteroatoms. The number of aromatic hydroxyl groups is 1. The monoisotopic (exact) mass is 472 g/mol. The molecule has 0 atom stereocenters. The molecule has 2 heterocycles. The highest BCUT2D eigenvalue weighted by Crippen LogP contribution is 2.28. The molecule has 3 aromatic rings. The largest absolute Gasteiger partial charge is 0.508 e. The zero-order valence-corrected chi connectivity index (χ0v) is 18.6. The van der Waals surface area contributed by atoms with Gasteiger partial charge in [0.2, 0.25) is 10.0 Å². The van der Waals surface area contributed by atoms with Gasteiger partial charge in [-0.15, -0.1) is 0 Å². The van der Waals surface area contributed by atoms with Crippen LogP contribution in [0.15, 0.2) is 59.8 Å². The average Bonchev–Trinajstić information content (AvgIpc) is 2.80. The minimum atomic E-state index is -3.79. The van der Waals surface area contributed by atoms with Gasteiger partial charge in [-0.1, -0.05) is 30.2 Å². The maximum atomic E-state index is 13.0. The Balaban J connectivity index is 1.53. The number of amides is 1. The Morgan fingerprint density at radius 3 is 2.44 bits per heavy atom. The van der Waals surface area contributed by atoms with E-state index in [0.717, 1.165) is 19.3 Å². The van der Waals surface area contributed by atoms with Gasteiger partial charge in [0.25, 0.3) is 5.91 Å². The van der Waals surface area contributed by atoms with Gasteiger partial charge in [0, 0.05) is 24.2 Å². The molecule has 1 saturated heterocycles. The van der Waals surface area contributed by atoms with Crippen LogP contribution >= 0.6 is 11.6 Å². The molecule has 1 aromatic heterocycles. The third-order valence-electron chi connectivity index (χ3n) is 5.14. The zero-order valence-electron chi connectivity index (χ0n) is 17.0. The Hall–Kier alpha value is -3.01. The van der Waals surface area contributed by atoms with Gasteiger partial charge in [-0.2, -0.15) is 4.31 Å². The maximum Gasteiger partial charge on any atom is 0.255 e. The lowest BCUT2D eigenvalue weighted by atomic mass is 10.2. The van der Waals surface area contributed by atoms with E-state index in [1.807, 2.05) is 0 Å². The molecule has 32 heavy (non-hydrogen) atoms. The van der Waals surface area contributed by atoms with Gasteiger partial charge in [-0.3, -0.25) is 4.79 Å². The second-order valence-corrected chi connectivity index (χ2v) is 9.72. The summed E-state index contributed by atoms with van der Waals surface area (Å²) < 4.78 is 27.4. The number of phenolic OH excluding ortho intramolecular Hbond substituents is 1. The smallest absolute Gasteiger partial charge is 0.255 e. The first-order valence-corrected chi connectivity index (χ1v) is 11.9.